The minimum atomic E-state index is -0.637. The summed E-state index contributed by atoms with van der Waals surface area (Å²) in [6.45, 7) is 2.07. The van der Waals surface area contributed by atoms with Gasteiger partial charge in [0.05, 0.1) is 11.4 Å². The van der Waals surface area contributed by atoms with E-state index in [9.17, 15) is 9.18 Å². The van der Waals surface area contributed by atoms with Crippen LogP contribution >= 0.6 is 12.4 Å². The van der Waals surface area contributed by atoms with Crippen molar-refractivity contribution in [3.8, 4) is 5.69 Å². The first-order chi connectivity index (χ1) is 13.7. The second kappa shape index (κ2) is 9.19. The van der Waals surface area contributed by atoms with Crippen LogP contribution in [0.25, 0.3) is 5.69 Å². The Balaban J connectivity index is 0.00000240. The number of nitrogens with one attached hydrogen (secondary N) is 2. The average molecular weight is 419 g/mol. The number of halogens is 2. The highest BCUT2D eigenvalue weighted by molar-refractivity contribution is 5.85. The molecule has 0 radical (unpaired) electrons. The van der Waals surface area contributed by atoms with E-state index in [0.29, 0.717) is 25.8 Å². The molecule has 3 heterocycles. The van der Waals surface area contributed by atoms with Crippen LogP contribution in [0.2, 0.25) is 0 Å². The fraction of sp³-hybridized carbons (Fsp3) is 0.350. The molecule has 0 saturated carbocycles. The molecule has 1 aliphatic heterocycles. The molecular formula is C20H24ClFN6O. The monoisotopic (exact) mass is 418 g/mol. The number of carbonyl (C=O) groups excluding carboxylic acids is 1. The fourth-order valence-corrected chi connectivity index (χ4v) is 3.62. The zero-order chi connectivity index (χ0) is 19.4. The van der Waals surface area contributed by atoms with Crippen LogP contribution in [0.3, 0.4) is 0 Å². The SMILES string of the molecule is Cl.O=C(NCCc1ccn(-c2ccc(F)cc2)n1)C1(n2cccn2)CCNCC1. The zero-order valence-electron chi connectivity index (χ0n) is 15.9. The Morgan fingerprint density at radius 2 is 1.93 bits per heavy atom. The molecule has 7 nitrogen and oxygen atoms in total. The third kappa shape index (κ3) is 4.49. The van der Waals surface area contributed by atoms with Crippen molar-refractivity contribution in [3.05, 3.63) is 66.5 Å². The topological polar surface area (TPSA) is 76.8 Å². The first-order valence-corrected chi connectivity index (χ1v) is 9.47. The van der Waals surface area contributed by atoms with Gasteiger partial charge in [0.25, 0.3) is 0 Å². The normalized spacial score (nSPS) is 15.5. The van der Waals surface area contributed by atoms with Gasteiger partial charge in [-0.3, -0.25) is 9.48 Å². The number of aromatic nitrogens is 4. The summed E-state index contributed by atoms with van der Waals surface area (Å²) < 4.78 is 16.5. The zero-order valence-corrected chi connectivity index (χ0v) is 16.7. The third-order valence-corrected chi connectivity index (χ3v) is 5.20. The van der Waals surface area contributed by atoms with E-state index in [0.717, 1.165) is 24.5 Å². The van der Waals surface area contributed by atoms with Crippen molar-refractivity contribution in [2.45, 2.75) is 24.8 Å². The molecule has 2 N–H and O–H groups in total. The lowest BCUT2D eigenvalue weighted by Crippen LogP contribution is -2.54. The van der Waals surface area contributed by atoms with Crippen LogP contribution in [-0.4, -0.2) is 45.1 Å². The van der Waals surface area contributed by atoms with Crippen molar-refractivity contribution in [2.24, 2.45) is 0 Å². The van der Waals surface area contributed by atoms with Gasteiger partial charge >= 0.3 is 0 Å². The molecule has 1 amide bonds. The Labute approximate surface area is 174 Å². The van der Waals surface area contributed by atoms with E-state index in [1.807, 2.05) is 24.5 Å². The maximum absolute atomic E-state index is 13.1. The lowest BCUT2D eigenvalue weighted by Gasteiger charge is -2.36. The molecule has 0 bridgehead atoms. The van der Waals surface area contributed by atoms with Crippen molar-refractivity contribution in [1.82, 2.24) is 30.2 Å². The van der Waals surface area contributed by atoms with E-state index in [4.69, 9.17) is 0 Å². The van der Waals surface area contributed by atoms with Crippen molar-refractivity contribution < 1.29 is 9.18 Å². The Hall–Kier alpha value is -2.71. The Bertz CT molecular complexity index is 919. The van der Waals surface area contributed by atoms with Gasteiger partial charge in [0.1, 0.15) is 11.4 Å². The summed E-state index contributed by atoms with van der Waals surface area (Å²) in [6, 6.07) is 9.93. The van der Waals surface area contributed by atoms with E-state index < -0.39 is 5.54 Å². The molecule has 9 heteroatoms. The van der Waals surface area contributed by atoms with E-state index in [1.54, 1.807) is 27.7 Å². The van der Waals surface area contributed by atoms with Gasteiger partial charge in [0, 0.05) is 31.6 Å². The molecule has 29 heavy (non-hydrogen) atoms. The Kier molecular flexibility index (Phi) is 6.66. The molecule has 0 unspecified atom stereocenters. The lowest BCUT2D eigenvalue weighted by molar-refractivity contribution is -0.131. The van der Waals surface area contributed by atoms with Gasteiger partial charge in [0.15, 0.2) is 0 Å². The summed E-state index contributed by atoms with van der Waals surface area (Å²) in [5.74, 6) is -0.279. The molecule has 4 rings (SSSR count). The number of rotatable bonds is 6. The Morgan fingerprint density at radius 1 is 1.17 bits per heavy atom. The smallest absolute Gasteiger partial charge is 0.248 e. The number of amides is 1. The molecule has 0 spiro atoms. The molecule has 1 fully saturated rings. The summed E-state index contributed by atoms with van der Waals surface area (Å²) in [4.78, 5) is 13.0. The fourth-order valence-electron chi connectivity index (χ4n) is 3.62. The van der Waals surface area contributed by atoms with Crippen molar-refractivity contribution in [2.75, 3.05) is 19.6 Å². The summed E-state index contributed by atoms with van der Waals surface area (Å²) in [6.07, 6.45) is 7.43. The van der Waals surface area contributed by atoms with Crippen LogP contribution in [0.5, 0.6) is 0 Å². The van der Waals surface area contributed by atoms with Crippen molar-refractivity contribution >= 4 is 18.3 Å². The van der Waals surface area contributed by atoms with Crippen LogP contribution in [0.1, 0.15) is 18.5 Å². The molecule has 0 atom stereocenters. The van der Waals surface area contributed by atoms with Crippen LogP contribution in [0.15, 0.2) is 55.0 Å². The van der Waals surface area contributed by atoms with Crippen LogP contribution in [0, 0.1) is 5.82 Å². The van der Waals surface area contributed by atoms with Crippen LogP contribution in [0.4, 0.5) is 4.39 Å². The van der Waals surface area contributed by atoms with E-state index >= 15 is 0 Å². The first kappa shape index (κ1) is 21.0. The molecular weight excluding hydrogens is 395 g/mol. The minimum absolute atomic E-state index is 0. The van der Waals surface area contributed by atoms with Gasteiger partial charge < -0.3 is 10.6 Å². The summed E-state index contributed by atoms with van der Waals surface area (Å²) in [5, 5.41) is 15.2. The molecule has 1 aliphatic rings. The highest BCUT2D eigenvalue weighted by atomic mass is 35.5. The predicted octanol–water partition coefficient (Wildman–Crippen LogP) is 2.07. The number of hydrogen-bond donors (Lipinski definition) is 2. The van der Waals surface area contributed by atoms with E-state index in [2.05, 4.69) is 20.8 Å². The number of carbonyl (C=O) groups is 1. The van der Waals surface area contributed by atoms with Gasteiger partial charge in [-0.15, -0.1) is 12.4 Å². The minimum Gasteiger partial charge on any atom is -0.354 e. The van der Waals surface area contributed by atoms with Gasteiger partial charge in [-0.05, 0) is 62.3 Å². The standard InChI is InChI=1S/C20H23FN6O.ClH/c21-16-2-4-18(5-3-16)26-15-7-17(25-26)6-11-23-19(28)20(8-12-22-13-9-20)27-14-1-10-24-27;/h1-5,7,10,14-15,22H,6,8-9,11-13H2,(H,23,28);1H. The summed E-state index contributed by atoms with van der Waals surface area (Å²) >= 11 is 0. The lowest BCUT2D eigenvalue weighted by atomic mass is 9.87. The van der Waals surface area contributed by atoms with Gasteiger partial charge in [0.2, 0.25) is 5.91 Å². The third-order valence-electron chi connectivity index (χ3n) is 5.20. The first-order valence-electron chi connectivity index (χ1n) is 9.47. The molecule has 1 saturated heterocycles. The maximum atomic E-state index is 13.1. The molecule has 154 valence electrons. The summed E-state index contributed by atoms with van der Waals surface area (Å²) in [5.41, 5.74) is 1.02. The highest BCUT2D eigenvalue weighted by Gasteiger charge is 2.41. The van der Waals surface area contributed by atoms with Gasteiger partial charge in [-0.25, -0.2) is 9.07 Å². The van der Waals surface area contributed by atoms with Crippen molar-refractivity contribution in [1.29, 1.82) is 0 Å². The van der Waals surface area contributed by atoms with E-state index in [-0.39, 0.29) is 24.1 Å². The molecule has 3 aromatic rings. The number of hydrogen-bond acceptors (Lipinski definition) is 4. The van der Waals surface area contributed by atoms with Crippen LogP contribution in [-0.2, 0) is 16.8 Å². The van der Waals surface area contributed by atoms with Crippen molar-refractivity contribution in [3.63, 3.8) is 0 Å². The molecule has 0 aliphatic carbocycles. The average Bonchev–Trinajstić information content (AvgIpc) is 3.42. The molecule has 1 aromatic carbocycles. The number of nitrogens with zero attached hydrogens (tertiary/aromatic N) is 4. The van der Waals surface area contributed by atoms with Crippen LogP contribution < -0.4 is 10.6 Å². The van der Waals surface area contributed by atoms with E-state index in [1.165, 1.54) is 12.1 Å². The second-order valence-corrected chi connectivity index (χ2v) is 6.97. The quantitative estimate of drug-likeness (QED) is 0.642. The summed E-state index contributed by atoms with van der Waals surface area (Å²) in [7, 11) is 0. The Morgan fingerprint density at radius 3 is 2.62 bits per heavy atom. The highest BCUT2D eigenvalue weighted by Crippen LogP contribution is 2.27. The number of benzene rings is 1. The predicted molar refractivity (Wildman–Crippen MR) is 110 cm³/mol. The maximum Gasteiger partial charge on any atom is 0.248 e. The number of piperidine rings is 1. The second-order valence-electron chi connectivity index (χ2n) is 6.97. The van der Waals surface area contributed by atoms with Gasteiger partial charge in [-0.2, -0.15) is 10.2 Å². The van der Waals surface area contributed by atoms with Gasteiger partial charge in [-0.1, -0.05) is 0 Å². The molecule has 2 aromatic heterocycles. The largest absolute Gasteiger partial charge is 0.354 e.